The molecule has 152 valence electrons. The van der Waals surface area contributed by atoms with Gasteiger partial charge in [0.2, 0.25) is 0 Å². The van der Waals surface area contributed by atoms with Crippen molar-refractivity contribution in [2.75, 3.05) is 31.8 Å². The molecule has 1 unspecified atom stereocenters. The van der Waals surface area contributed by atoms with E-state index in [1.807, 2.05) is 25.1 Å². The van der Waals surface area contributed by atoms with Gasteiger partial charge >= 0.3 is 0 Å². The molecule has 1 saturated heterocycles. The van der Waals surface area contributed by atoms with Gasteiger partial charge in [-0.05, 0) is 62.2 Å². The summed E-state index contributed by atoms with van der Waals surface area (Å²) in [6.07, 6.45) is 2.00. The van der Waals surface area contributed by atoms with Gasteiger partial charge in [-0.15, -0.1) is 0 Å². The van der Waals surface area contributed by atoms with Gasteiger partial charge in [-0.25, -0.2) is 4.98 Å². The van der Waals surface area contributed by atoms with E-state index in [2.05, 4.69) is 0 Å². The zero-order valence-corrected chi connectivity index (χ0v) is 17.4. The number of carbonyl (C=O) groups is 1. The molecule has 2 aromatic carbocycles. The van der Waals surface area contributed by atoms with E-state index in [4.69, 9.17) is 19.2 Å². The van der Waals surface area contributed by atoms with Gasteiger partial charge in [0, 0.05) is 12.2 Å². The Morgan fingerprint density at radius 2 is 2.03 bits per heavy atom. The van der Waals surface area contributed by atoms with Crippen LogP contribution in [0.2, 0.25) is 0 Å². The molecule has 1 amide bonds. The van der Waals surface area contributed by atoms with Crippen LogP contribution in [0.3, 0.4) is 0 Å². The van der Waals surface area contributed by atoms with Gasteiger partial charge in [0.05, 0.1) is 36.6 Å². The third-order valence-corrected chi connectivity index (χ3v) is 5.92. The van der Waals surface area contributed by atoms with Gasteiger partial charge in [0.25, 0.3) is 5.91 Å². The van der Waals surface area contributed by atoms with E-state index in [0.29, 0.717) is 23.8 Å². The van der Waals surface area contributed by atoms with Gasteiger partial charge in [0.15, 0.2) is 5.13 Å². The summed E-state index contributed by atoms with van der Waals surface area (Å²) < 4.78 is 17.6. The summed E-state index contributed by atoms with van der Waals surface area (Å²) in [6.45, 7) is 3.80. The van der Waals surface area contributed by atoms with E-state index >= 15 is 0 Å². The fourth-order valence-corrected chi connectivity index (χ4v) is 4.40. The number of anilines is 1. The maximum absolute atomic E-state index is 13.4. The van der Waals surface area contributed by atoms with Gasteiger partial charge < -0.3 is 14.2 Å². The zero-order chi connectivity index (χ0) is 20.2. The van der Waals surface area contributed by atoms with E-state index in [9.17, 15) is 4.79 Å². The molecule has 1 aliphatic rings. The van der Waals surface area contributed by atoms with Crippen LogP contribution in [0, 0.1) is 0 Å². The quantitative estimate of drug-likeness (QED) is 0.571. The molecule has 2 heterocycles. The van der Waals surface area contributed by atoms with Crippen LogP contribution < -0.4 is 14.4 Å². The van der Waals surface area contributed by atoms with Crippen LogP contribution >= 0.6 is 11.3 Å². The number of fused-ring (bicyclic) bond motifs is 1. The number of rotatable bonds is 7. The standard InChI is InChI=1S/C22H24N2O4S/c1-3-27-17-10-11-19-20(13-17)29-22(23-19)24(14-18-5-4-12-28-18)21(25)15-6-8-16(26-2)9-7-15/h6-11,13,18H,3-5,12,14H2,1-2H3. The molecule has 0 aliphatic carbocycles. The van der Waals surface area contributed by atoms with Crippen molar-refractivity contribution in [2.45, 2.75) is 25.9 Å². The van der Waals surface area contributed by atoms with Crippen LogP contribution in [0.5, 0.6) is 11.5 Å². The first-order chi connectivity index (χ1) is 14.2. The highest BCUT2D eigenvalue weighted by atomic mass is 32.1. The second kappa shape index (κ2) is 8.80. The number of hydrogen-bond donors (Lipinski definition) is 0. The minimum absolute atomic E-state index is 0.0307. The van der Waals surface area contributed by atoms with E-state index < -0.39 is 0 Å². The molecule has 4 rings (SSSR count). The van der Waals surface area contributed by atoms with Gasteiger partial charge in [-0.1, -0.05) is 11.3 Å². The van der Waals surface area contributed by atoms with Crippen molar-refractivity contribution < 1.29 is 19.0 Å². The highest BCUT2D eigenvalue weighted by Crippen LogP contribution is 2.33. The number of thiazole rings is 1. The molecule has 6 nitrogen and oxygen atoms in total. The lowest BCUT2D eigenvalue weighted by molar-refractivity contribution is 0.0917. The second-order valence-electron chi connectivity index (χ2n) is 6.84. The number of aromatic nitrogens is 1. The minimum atomic E-state index is -0.0905. The topological polar surface area (TPSA) is 60.9 Å². The largest absolute Gasteiger partial charge is 0.497 e. The lowest BCUT2D eigenvalue weighted by Crippen LogP contribution is -2.37. The number of carbonyl (C=O) groups excluding carboxylic acids is 1. The van der Waals surface area contributed by atoms with Crippen molar-refractivity contribution in [1.82, 2.24) is 4.98 Å². The predicted octanol–water partition coefficient (Wildman–Crippen LogP) is 4.53. The maximum Gasteiger partial charge on any atom is 0.260 e. The zero-order valence-electron chi connectivity index (χ0n) is 16.6. The van der Waals surface area contributed by atoms with Crippen molar-refractivity contribution in [1.29, 1.82) is 0 Å². The maximum atomic E-state index is 13.4. The smallest absolute Gasteiger partial charge is 0.260 e. The Labute approximate surface area is 174 Å². The van der Waals surface area contributed by atoms with Crippen LogP contribution in [0.1, 0.15) is 30.1 Å². The molecule has 1 atom stereocenters. The molecular weight excluding hydrogens is 388 g/mol. The molecule has 29 heavy (non-hydrogen) atoms. The number of hydrogen-bond acceptors (Lipinski definition) is 6. The van der Waals surface area contributed by atoms with Gasteiger partial charge in [-0.2, -0.15) is 0 Å². The molecule has 0 radical (unpaired) electrons. The predicted molar refractivity (Wildman–Crippen MR) is 114 cm³/mol. The molecule has 7 heteroatoms. The first-order valence-electron chi connectivity index (χ1n) is 9.79. The van der Waals surface area contributed by atoms with Crippen LogP contribution in [-0.2, 0) is 4.74 Å². The SMILES string of the molecule is CCOc1ccc2nc(N(CC3CCCO3)C(=O)c3ccc(OC)cc3)sc2c1. The Morgan fingerprint density at radius 1 is 1.24 bits per heavy atom. The first kappa shape index (κ1) is 19.7. The molecule has 0 spiro atoms. The van der Waals surface area contributed by atoms with Crippen LogP contribution in [0.4, 0.5) is 5.13 Å². The summed E-state index contributed by atoms with van der Waals surface area (Å²) in [5.74, 6) is 1.44. The monoisotopic (exact) mass is 412 g/mol. The van der Waals surface area contributed by atoms with Crippen molar-refractivity contribution in [3.63, 3.8) is 0 Å². The normalized spacial score (nSPS) is 16.1. The number of benzene rings is 2. The molecule has 1 fully saturated rings. The average molecular weight is 413 g/mol. The van der Waals surface area contributed by atoms with E-state index in [1.165, 1.54) is 11.3 Å². The van der Waals surface area contributed by atoms with Crippen molar-refractivity contribution >= 4 is 32.6 Å². The summed E-state index contributed by atoms with van der Waals surface area (Å²) in [5, 5.41) is 0.671. The van der Waals surface area contributed by atoms with E-state index in [1.54, 1.807) is 36.3 Å². The van der Waals surface area contributed by atoms with Crippen LogP contribution in [0.15, 0.2) is 42.5 Å². The minimum Gasteiger partial charge on any atom is -0.497 e. The lowest BCUT2D eigenvalue weighted by Gasteiger charge is -2.23. The van der Waals surface area contributed by atoms with E-state index in [-0.39, 0.29) is 12.0 Å². The molecule has 1 aromatic heterocycles. The Kier molecular flexibility index (Phi) is 5.97. The molecule has 0 saturated carbocycles. The second-order valence-corrected chi connectivity index (χ2v) is 7.85. The lowest BCUT2D eigenvalue weighted by atomic mass is 10.1. The van der Waals surface area contributed by atoms with Crippen molar-refractivity contribution in [3.05, 3.63) is 48.0 Å². The summed E-state index contributed by atoms with van der Waals surface area (Å²) in [7, 11) is 1.61. The molecule has 0 bridgehead atoms. The van der Waals surface area contributed by atoms with Gasteiger partial charge in [-0.3, -0.25) is 9.69 Å². The Balaban J connectivity index is 1.67. The number of amides is 1. The third kappa shape index (κ3) is 4.36. The fraction of sp³-hybridized carbons (Fsp3) is 0.364. The average Bonchev–Trinajstić information content (AvgIpc) is 3.41. The Morgan fingerprint density at radius 3 is 2.72 bits per heavy atom. The van der Waals surface area contributed by atoms with Crippen LogP contribution in [0.25, 0.3) is 10.2 Å². The molecule has 1 aliphatic heterocycles. The number of nitrogens with zero attached hydrogens (tertiary/aromatic N) is 2. The highest BCUT2D eigenvalue weighted by Gasteiger charge is 2.27. The summed E-state index contributed by atoms with van der Waals surface area (Å²) in [5.41, 5.74) is 1.45. The molecule has 3 aromatic rings. The number of methoxy groups -OCH3 is 1. The Bertz CT molecular complexity index is 980. The third-order valence-electron chi connectivity index (χ3n) is 4.88. The van der Waals surface area contributed by atoms with Crippen molar-refractivity contribution in [2.24, 2.45) is 0 Å². The van der Waals surface area contributed by atoms with E-state index in [0.717, 1.165) is 41.2 Å². The summed E-state index contributed by atoms with van der Waals surface area (Å²) in [6, 6.07) is 13.0. The summed E-state index contributed by atoms with van der Waals surface area (Å²) in [4.78, 5) is 19.8. The first-order valence-corrected chi connectivity index (χ1v) is 10.6. The van der Waals surface area contributed by atoms with Gasteiger partial charge in [0.1, 0.15) is 11.5 Å². The van der Waals surface area contributed by atoms with Crippen molar-refractivity contribution in [3.8, 4) is 11.5 Å². The van der Waals surface area contributed by atoms with Crippen LogP contribution in [-0.4, -0.2) is 43.9 Å². The fourth-order valence-electron chi connectivity index (χ4n) is 3.39. The molecule has 0 N–H and O–H groups in total. The highest BCUT2D eigenvalue weighted by molar-refractivity contribution is 7.22. The summed E-state index contributed by atoms with van der Waals surface area (Å²) >= 11 is 1.49. The number of ether oxygens (including phenoxy) is 3. The molecular formula is C22H24N2O4S. The Hall–Kier alpha value is -2.64.